The molecule has 0 radical (unpaired) electrons. The Labute approximate surface area is 130 Å². The molecule has 0 aliphatic rings. The number of rotatable bonds is 6. The van der Waals surface area contributed by atoms with Crippen molar-refractivity contribution >= 4 is 17.6 Å². The van der Waals surface area contributed by atoms with Gasteiger partial charge in [0.25, 0.3) is 0 Å². The van der Waals surface area contributed by atoms with Crippen LogP contribution in [0.4, 0.5) is 16.3 Å². The molecule has 2 aromatic heterocycles. The second kappa shape index (κ2) is 7.97. The molecule has 0 bridgehead atoms. The van der Waals surface area contributed by atoms with Crippen molar-refractivity contribution in [2.45, 2.75) is 13.3 Å². The normalized spacial score (nSPS) is 10.1. The minimum Gasteiger partial charge on any atom is -0.450 e. The van der Waals surface area contributed by atoms with Crippen LogP contribution in [-0.4, -0.2) is 36.3 Å². The molecule has 116 valence electrons. The third-order valence-corrected chi connectivity index (χ3v) is 3.15. The van der Waals surface area contributed by atoms with Crippen molar-refractivity contribution in [3.63, 3.8) is 0 Å². The standard InChI is InChI=1S/C16H20N4O2/c1-3-22-16(21)19-14-4-5-15(18-12-14)20(2)11-8-13-6-9-17-10-7-13/h4-7,9-10,12H,3,8,11H2,1-2H3,(H,19,21). The van der Waals surface area contributed by atoms with Crippen molar-refractivity contribution in [2.24, 2.45) is 0 Å². The third-order valence-electron chi connectivity index (χ3n) is 3.15. The fourth-order valence-corrected chi connectivity index (χ4v) is 1.93. The molecule has 6 nitrogen and oxygen atoms in total. The molecule has 22 heavy (non-hydrogen) atoms. The van der Waals surface area contributed by atoms with Gasteiger partial charge in [0.05, 0.1) is 18.5 Å². The number of nitrogens with zero attached hydrogens (tertiary/aromatic N) is 3. The lowest BCUT2D eigenvalue weighted by atomic mass is 10.2. The summed E-state index contributed by atoms with van der Waals surface area (Å²) >= 11 is 0. The fraction of sp³-hybridized carbons (Fsp3) is 0.312. The van der Waals surface area contributed by atoms with Crippen LogP contribution in [0, 0.1) is 0 Å². The Morgan fingerprint density at radius 1 is 1.27 bits per heavy atom. The van der Waals surface area contributed by atoms with Gasteiger partial charge in [-0.3, -0.25) is 10.3 Å². The van der Waals surface area contributed by atoms with Crippen LogP contribution in [0.3, 0.4) is 0 Å². The van der Waals surface area contributed by atoms with E-state index in [1.54, 1.807) is 25.5 Å². The molecule has 0 fully saturated rings. The van der Waals surface area contributed by atoms with Gasteiger partial charge >= 0.3 is 6.09 Å². The Morgan fingerprint density at radius 2 is 2.05 bits per heavy atom. The number of hydrogen-bond acceptors (Lipinski definition) is 5. The molecular formula is C16H20N4O2. The van der Waals surface area contributed by atoms with Crippen LogP contribution in [0.25, 0.3) is 0 Å². The third kappa shape index (κ3) is 4.73. The van der Waals surface area contributed by atoms with Crippen LogP contribution in [0.1, 0.15) is 12.5 Å². The van der Waals surface area contributed by atoms with Gasteiger partial charge in [0.2, 0.25) is 0 Å². The van der Waals surface area contributed by atoms with E-state index in [2.05, 4.69) is 20.2 Å². The summed E-state index contributed by atoms with van der Waals surface area (Å²) in [6.45, 7) is 2.95. The van der Waals surface area contributed by atoms with Crippen LogP contribution in [-0.2, 0) is 11.2 Å². The molecule has 0 atom stereocenters. The number of anilines is 2. The molecule has 2 heterocycles. The molecule has 1 N–H and O–H groups in total. The van der Waals surface area contributed by atoms with Crippen molar-refractivity contribution in [2.75, 3.05) is 30.4 Å². The van der Waals surface area contributed by atoms with Gasteiger partial charge in [0, 0.05) is 26.0 Å². The monoisotopic (exact) mass is 300 g/mol. The summed E-state index contributed by atoms with van der Waals surface area (Å²) in [4.78, 5) is 21.7. The van der Waals surface area contributed by atoms with Gasteiger partial charge in [-0.05, 0) is 43.2 Å². The van der Waals surface area contributed by atoms with E-state index in [0.717, 1.165) is 18.8 Å². The Bertz CT molecular complexity index is 587. The van der Waals surface area contributed by atoms with Crippen molar-refractivity contribution in [1.82, 2.24) is 9.97 Å². The Kier molecular flexibility index (Phi) is 5.71. The maximum Gasteiger partial charge on any atom is 0.411 e. The fourth-order valence-electron chi connectivity index (χ4n) is 1.93. The summed E-state index contributed by atoms with van der Waals surface area (Å²) < 4.78 is 4.82. The highest BCUT2D eigenvalue weighted by atomic mass is 16.5. The lowest BCUT2D eigenvalue weighted by molar-refractivity contribution is 0.168. The van der Waals surface area contributed by atoms with Crippen LogP contribution in [0.15, 0.2) is 42.9 Å². The molecular weight excluding hydrogens is 280 g/mol. The predicted octanol–water partition coefficient (Wildman–Crippen LogP) is 2.72. The number of nitrogens with one attached hydrogen (secondary N) is 1. The molecule has 0 saturated carbocycles. The first-order valence-corrected chi connectivity index (χ1v) is 7.19. The molecule has 0 unspecified atom stereocenters. The van der Waals surface area contributed by atoms with Gasteiger partial charge in [0.15, 0.2) is 0 Å². The Hall–Kier alpha value is -2.63. The highest BCUT2D eigenvalue weighted by Gasteiger charge is 2.05. The molecule has 2 rings (SSSR count). The van der Waals surface area contributed by atoms with E-state index in [9.17, 15) is 4.79 Å². The van der Waals surface area contributed by atoms with E-state index >= 15 is 0 Å². The van der Waals surface area contributed by atoms with E-state index in [1.807, 2.05) is 31.3 Å². The first-order valence-electron chi connectivity index (χ1n) is 7.19. The summed E-state index contributed by atoms with van der Waals surface area (Å²) in [6, 6.07) is 7.69. The number of aromatic nitrogens is 2. The molecule has 0 aliphatic carbocycles. The highest BCUT2D eigenvalue weighted by molar-refractivity contribution is 5.84. The smallest absolute Gasteiger partial charge is 0.411 e. The average molecular weight is 300 g/mol. The van der Waals surface area contributed by atoms with E-state index in [0.29, 0.717) is 12.3 Å². The number of ether oxygens (including phenoxy) is 1. The lowest BCUT2D eigenvalue weighted by Gasteiger charge is -2.18. The van der Waals surface area contributed by atoms with Gasteiger partial charge in [-0.25, -0.2) is 9.78 Å². The summed E-state index contributed by atoms with van der Waals surface area (Å²) in [6.07, 6.45) is 5.66. The van der Waals surface area contributed by atoms with Crippen molar-refractivity contribution in [3.05, 3.63) is 48.4 Å². The maximum absolute atomic E-state index is 11.3. The number of pyridine rings is 2. The number of hydrogen-bond donors (Lipinski definition) is 1. The van der Waals surface area contributed by atoms with Crippen LogP contribution in [0.2, 0.25) is 0 Å². The SMILES string of the molecule is CCOC(=O)Nc1ccc(N(C)CCc2ccncc2)nc1. The zero-order valence-corrected chi connectivity index (χ0v) is 12.8. The van der Waals surface area contributed by atoms with Crippen LogP contribution in [0.5, 0.6) is 0 Å². The molecule has 0 spiro atoms. The lowest BCUT2D eigenvalue weighted by Crippen LogP contribution is -2.21. The zero-order chi connectivity index (χ0) is 15.8. The Morgan fingerprint density at radius 3 is 2.68 bits per heavy atom. The van der Waals surface area contributed by atoms with E-state index in [1.165, 1.54) is 5.56 Å². The summed E-state index contributed by atoms with van der Waals surface area (Å²) in [5, 5.41) is 2.62. The molecule has 6 heteroatoms. The van der Waals surface area contributed by atoms with E-state index in [-0.39, 0.29) is 0 Å². The van der Waals surface area contributed by atoms with Crippen molar-refractivity contribution in [1.29, 1.82) is 0 Å². The summed E-state index contributed by atoms with van der Waals surface area (Å²) in [5.74, 6) is 0.850. The molecule has 1 amide bonds. The van der Waals surface area contributed by atoms with Gasteiger partial charge in [0.1, 0.15) is 5.82 Å². The van der Waals surface area contributed by atoms with E-state index < -0.39 is 6.09 Å². The van der Waals surface area contributed by atoms with Gasteiger partial charge < -0.3 is 9.64 Å². The summed E-state index contributed by atoms with van der Waals surface area (Å²) in [5.41, 5.74) is 1.85. The average Bonchev–Trinajstić information content (AvgIpc) is 2.54. The number of amides is 1. The van der Waals surface area contributed by atoms with Crippen molar-refractivity contribution < 1.29 is 9.53 Å². The van der Waals surface area contributed by atoms with Crippen LogP contribution < -0.4 is 10.2 Å². The number of likely N-dealkylation sites (N-methyl/N-ethyl adjacent to an activating group) is 1. The number of carbonyl (C=O) groups excluding carboxylic acids is 1. The zero-order valence-electron chi connectivity index (χ0n) is 12.8. The molecule has 0 aliphatic heterocycles. The van der Waals surface area contributed by atoms with Crippen LogP contribution >= 0.6 is 0 Å². The van der Waals surface area contributed by atoms with Gasteiger partial charge in [-0.15, -0.1) is 0 Å². The summed E-state index contributed by atoms with van der Waals surface area (Å²) in [7, 11) is 1.99. The Balaban J connectivity index is 1.88. The van der Waals surface area contributed by atoms with Crippen molar-refractivity contribution in [3.8, 4) is 0 Å². The topological polar surface area (TPSA) is 67.3 Å². The highest BCUT2D eigenvalue weighted by Crippen LogP contribution is 2.13. The minimum absolute atomic E-state index is 0.342. The van der Waals surface area contributed by atoms with Gasteiger partial charge in [-0.2, -0.15) is 0 Å². The quantitative estimate of drug-likeness (QED) is 0.888. The molecule has 0 aromatic carbocycles. The van der Waals surface area contributed by atoms with E-state index in [4.69, 9.17) is 4.74 Å². The molecule has 2 aromatic rings. The predicted molar refractivity (Wildman–Crippen MR) is 86.1 cm³/mol. The second-order valence-corrected chi connectivity index (χ2v) is 4.78. The first-order chi connectivity index (χ1) is 10.7. The second-order valence-electron chi connectivity index (χ2n) is 4.78. The largest absolute Gasteiger partial charge is 0.450 e. The first kappa shape index (κ1) is 15.8. The molecule has 0 saturated heterocycles. The van der Waals surface area contributed by atoms with Gasteiger partial charge in [-0.1, -0.05) is 0 Å². The minimum atomic E-state index is -0.469. The number of carbonyl (C=O) groups is 1. The maximum atomic E-state index is 11.3.